The van der Waals surface area contributed by atoms with Gasteiger partial charge in [0, 0.05) is 0 Å². The Morgan fingerprint density at radius 1 is 1.22 bits per heavy atom. The summed E-state index contributed by atoms with van der Waals surface area (Å²) < 4.78 is 32.6. The molecule has 7 heteroatoms. The lowest BCUT2D eigenvalue weighted by molar-refractivity contribution is -0.151. The van der Waals surface area contributed by atoms with Crippen LogP contribution in [0, 0.1) is 5.92 Å². The first-order valence-corrected chi connectivity index (χ1v) is 7.29. The van der Waals surface area contributed by atoms with Gasteiger partial charge in [-0.2, -0.15) is 0 Å². The molecule has 0 rings (SSSR count). The third-order valence-electron chi connectivity index (χ3n) is 1.87. The van der Waals surface area contributed by atoms with E-state index in [-0.39, 0.29) is 0 Å². The fourth-order valence-corrected chi connectivity index (χ4v) is 2.69. The van der Waals surface area contributed by atoms with E-state index in [9.17, 15) is 18.0 Å². The number of carbonyl (C=O) groups is 2. The predicted octanol–water partition coefficient (Wildman–Crippen LogP) is 0.552. The molecule has 18 heavy (non-hydrogen) atoms. The first-order chi connectivity index (χ1) is 7.97. The maximum absolute atomic E-state index is 11.6. The summed E-state index contributed by atoms with van der Waals surface area (Å²) in [7, 11) is -2.50. The van der Waals surface area contributed by atoms with Crippen LogP contribution >= 0.6 is 0 Å². The zero-order valence-electron chi connectivity index (χ0n) is 11.3. The van der Waals surface area contributed by atoms with Crippen molar-refractivity contribution in [2.24, 2.45) is 5.92 Å². The molecule has 0 radical (unpaired) electrons. The number of ether oxygens (including phenoxy) is 2. The maximum atomic E-state index is 11.6. The molecule has 0 aromatic heterocycles. The molecule has 0 aromatic rings. The molecule has 0 spiro atoms. The van der Waals surface area contributed by atoms with Crippen LogP contribution in [-0.2, 0) is 28.9 Å². The maximum Gasteiger partial charge on any atom is 0.321 e. The second-order valence-electron chi connectivity index (χ2n) is 5.07. The van der Waals surface area contributed by atoms with Crippen LogP contribution in [0.1, 0.15) is 27.7 Å². The Morgan fingerprint density at radius 2 is 1.72 bits per heavy atom. The Hall–Kier alpha value is -1.11. The van der Waals surface area contributed by atoms with Crippen molar-refractivity contribution >= 4 is 21.8 Å². The molecule has 0 saturated heterocycles. The van der Waals surface area contributed by atoms with Gasteiger partial charge >= 0.3 is 11.9 Å². The third-order valence-corrected chi connectivity index (χ3v) is 3.55. The topological polar surface area (TPSA) is 86.7 Å². The van der Waals surface area contributed by atoms with E-state index in [1.807, 2.05) is 0 Å². The highest BCUT2D eigenvalue weighted by atomic mass is 32.2. The Morgan fingerprint density at radius 3 is 2.11 bits per heavy atom. The number of hydrogen-bond donors (Lipinski definition) is 0. The molecule has 0 saturated carbocycles. The Bertz CT molecular complexity index is 404. The highest BCUT2D eigenvalue weighted by molar-refractivity contribution is 7.92. The monoisotopic (exact) mass is 280 g/mol. The second-order valence-corrected chi connectivity index (χ2v) is 7.17. The normalized spacial score (nSPS) is 13.8. The average molecular weight is 280 g/mol. The number of rotatable bonds is 5. The van der Waals surface area contributed by atoms with Gasteiger partial charge < -0.3 is 9.47 Å². The lowest BCUT2D eigenvalue weighted by Crippen LogP contribution is -2.31. The van der Waals surface area contributed by atoms with E-state index in [1.165, 1.54) is 14.0 Å². The first-order valence-electron chi connectivity index (χ1n) is 5.47. The predicted molar refractivity (Wildman–Crippen MR) is 65.7 cm³/mol. The summed E-state index contributed by atoms with van der Waals surface area (Å²) in [5.74, 6) is -3.41. The van der Waals surface area contributed by atoms with Crippen LogP contribution < -0.4 is 0 Å². The molecular weight excluding hydrogens is 260 g/mol. The Kier molecular flexibility index (Phi) is 5.79. The summed E-state index contributed by atoms with van der Waals surface area (Å²) in [6, 6.07) is 0. The van der Waals surface area contributed by atoms with Gasteiger partial charge in [0.1, 0.15) is 11.4 Å². The molecule has 0 aliphatic rings. The SMILES string of the molecule is COC(=O)C(C)CS(=O)(=O)CC(=O)OC(C)(C)C. The van der Waals surface area contributed by atoms with Crippen LogP contribution in [0.5, 0.6) is 0 Å². The van der Waals surface area contributed by atoms with Crippen molar-refractivity contribution in [2.75, 3.05) is 18.6 Å². The van der Waals surface area contributed by atoms with Crippen molar-refractivity contribution in [3.63, 3.8) is 0 Å². The molecule has 0 N–H and O–H groups in total. The summed E-state index contributed by atoms with van der Waals surface area (Å²) >= 11 is 0. The fourth-order valence-electron chi connectivity index (χ4n) is 1.26. The van der Waals surface area contributed by atoms with Gasteiger partial charge in [-0.05, 0) is 20.8 Å². The minimum atomic E-state index is -3.68. The second kappa shape index (κ2) is 6.17. The number of carbonyl (C=O) groups excluding carboxylic acids is 2. The van der Waals surface area contributed by atoms with Gasteiger partial charge in [-0.3, -0.25) is 9.59 Å². The van der Waals surface area contributed by atoms with E-state index in [1.54, 1.807) is 20.8 Å². The minimum Gasteiger partial charge on any atom is -0.469 e. The van der Waals surface area contributed by atoms with Crippen LogP contribution in [0.15, 0.2) is 0 Å². The summed E-state index contributed by atoms with van der Waals surface area (Å²) in [4.78, 5) is 22.5. The number of methoxy groups -OCH3 is 1. The van der Waals surface area contributed by atoms with Gasteiger partial charge in [0.2, 0.25) is 0 Å². The van der Waals surface area contributed by atoms with Crippen LogP contribution in [-0.4, -0.2) is 44.6 Å². The van der Waals surface area contributed by atoms with Crippen molar-refractivity contribution in [3.8, 4) is 0 Å². The van der Waals surface area contributed by atoms with Gasteiger partial charge in [0.05, 0.1) is 18.8 Å². The van der Waals surface area contributed by atoms with Crippen LogP contribution in [0.25, 0.3) is 0 Å². The molecule has 0 bridgehead atoms. The summed E-state index contributed by atoms with van der Waals surface area (Å²) in [5, 5.41) is 0. The molecule has 0 aliphatic carbocycles. The van der Waals surface area contributed by atoms with Gasteiger partial charge in [-0.1, -0.05) is 6.92 Å². The van der Waals surface area contributed by atoms with Crippen molar-refractivity contribution in [2.45, 2.75) is 33.3 Å². The number of sulfone groups is 1. The van der Waals surface area contributed by atoms with Crippen molar-refractivity contribution in [1.82, 2.24) is 0 Å². The van der Waals surface area contributed by atoms with Gasteiger partial charge in [0.15, 0.2) is 9.84 Å². The molecule has 0 heterocycles. The molecule has 0 fully saturated rings. The van der Waals surface area contributed by atoms with E-state index in [4.69, 9.17) is 4.74 Å². The van der Waals surface area contributed by atoms with Crippen LogP contribution in [0.4, 0.5) is 0 Å². The smallest absolute Gasteiger partial charge is 0.321 e. The minimum absolute atomic E-state index is 0.432. The highest BCUT2D eigenvalue weighted by Gasteiger charge is 2.27. The molecule has 0 aromatic carbocycles. The molecule has 6 nitrogen and oxygen atoms in total. The third kappa shape index (κ3) is 7.26. The standard InChI is InChI=1S/C11H20O6S/c1-8(10(13)16-5)6-18(14,15)7-9(12)17-11(2,3)4/h8H,6-7H2,1-5H3. The largest absolute Gasteiger partial charge is 0.469 e. The Balaban J connectivity index is 4.50. The first kappa shape index (κ1) is 16.9. The van der Waals surface area contributed by atoms with Gasteiger partial charge in [0.25, 0.3) is 0 Å². The van der Waals surface area contributed by atoms with Crippen molar-refractivity contribution in [1.29, 1.82) is 0 Å². The van der Waals surface area contributed by atoms with Crippen molar-refractivity contribution in [3.05, 3.63) is 0 Å². The summed E-state index contributed by atoms with van der Waals surface area (Å²) in [6.45, 7) is 6.37. The number of esters is 2. The fraction of sp³-hybridized carbons (Fsp3) is 0.818. The molecule has 106 valence electrons. The van der Waals surface area contributed by atoms with E-state index < -0.39 is 44.8 Å². The molecule has 1 atom stereocenters. The van der Waals surface area contributed by atoms with E-state index in [0.717, 1.165) is 0 Å². The van der Waals surface area contributed by atoms with Gasteiger partial charge in [-0.25, -0.2) is 8.42 Å². The molecule has 0 amide bonds. The van der Waals surface area contributed by atoms with Crippen LogP contribution in [0.3, 0.4) is 0 Å². The van der Waals surface area contributed by atoms with E-state index >= 15 is 0 Å². The Labute approximate surface area is 108 Å². The quantitative estimate of drug-likeness (QED) is 0.684. The summed E-state index contributed by atoms with van der Waals surface area (Å²) in [6.07, 6.45) is 0. The zero-order valence-corrected chi connectivity index (χ0v) is 12.2. The highest BCUT2D eigenvalue weighted by Crippen LogP contribution is 2.10. The van der Waals surface area contributed by atoms with Crippen molar-refractivity contribution < 1.29 is 27.5 Å². The molecular formula is C11H20O6S. The van der Waals surface area contributed by atoms with Gasteiger partial charge in [-0.15, -0.1) is 0 Å². The van der Waals surface area contributed by atoms with E-state index in [2.05, 4.69) is 4.74 Å². The van der Waals surface area contributed by atoms with E-state index in [0.29, 0.717) is 0 Å². The molecule has 1 unspecified atom stereocenters. The summed E-state index contributed by atoms with van der Waals surface area (Å²) in [5.41, 5.74) is -0.736. The van der Waals surface area contributed by atoms with Crippen LogP contribution in [0.2, 0.25) is 0 Å². The molecule has 0 aliphatic heterocycles. The lowest BCUT2D eigenvalue weighted by Gasteiger charge is -2.19. The zero-order chi connectivity index (χ0) is 14.6. The number of hydrogen-bond acceptors (Lipinski definition) is 6. The lowest BCUT2D eigenvalue weighted by atomic mass is 10.2. The average Bonchev–Trinajstić information content (AvgIpc) is 2.10.